The van der Waals surface area contributed by atoms with Crippen LogP contribution in [-0.4, -0.2) is 10.5 Å². The van der Waals surface area contributed by atoms with E-state index in [-0.39, 0.29) is 11.9 Å². The molecule has 0 saturated heterocycles. The van der Waals surface area contributed by atoms with Crippen molar-refractivity contribution in [3.8, 4) is 0 Å². The molecule has 0 bridgehead atoms. The number of anilines is 1. The van der Waals surface area contributed by atoms with E-state index in [4.69, 9.17) is 0 Å². The molecule has 1 N–H and O–H groups in total. The van der Waals surface area contributed by atoms with Gasteiger partial charge in [0, 0.05) is 22.4 Å². The third kappa shape index (κ3) is 2.96. The van der Waals surface area contributed by atoms with Gasteiger partial charge in [-0.3, -0.25) is 4.79 Å². The fourth-order valence-corrected chi connectivity index (χ4v) is 3.01. The maximum Gasteiger partial charge on any atom is 0.272 e. The first-order valence-corrected chi connectivity index (χ1v) is 7.44. The summed E-state index contributed by atoms with van der Waals surface area (Å²) in [7, 11) is 0. The fraction of sp³-hybridized carbons (Fsp3) is 0.312. The first-order valence-electron chi connectivity index (χ1n) is 6.65. The van der Waals surface area contributed by atoms with E-state index in [2.05, 4.69) is 35.1 Å². The number of nitrogens with zero attached hydrogens (tertiary/aromatic N) is 1. The van der Waals surface area contributed by atoms with Gasteiger partial charge in [-0.1, -0.05) is 15.9 Å². The Balaban J connectivity index is 2.31. The SMILES string of the molecule is Cc1cc(Br)cc(C)c1NC(=O)c1cccn1C(C)C. The summed E-state index contributed by atoms with van der Waals surface area (Å²) in [6.45, 7) is 8.11. The number of hydrogen-bond acceptors (Lipinski definition) is 1. The molecule has 0 spiro atoms. The van der Waals surface area contributed by atoms with E-state index < -0.39 is 0 Å². The molecule has 106 valence electrons. The zero-order valence-electron chi connectivity index (χ0n) is 12.2. The monoisotopic (exact) mass is 334 g/mol. The Morgan fingerprint density at radius 2 is 1.85 bits per heavy atom. The number of benzene rings is 1. The molecule has 2 rings (SSSR count). The molecular formula is C16H19BrN2O. The summed E-state index contributed by atoms with van der Waals surface area (Å²) in [4.78, 5) is 12.4. The summed E-state index contributed by atoms with van der Waals surface area (Å²) in [5, 5.41) is 3.02. The molecule has 1 heterocycles. The quantitative estimate of drug-likeness (QED) is 0.867. The van der Waals surface area contributed by atoms with Gasteiger partial charge in [0.05, 0.1) is 0 Å². The molecule has 0 fully saturated rings. The van der Waals surface area contributed by atoms with Gasteiger partial charge in [0.15, 0.2) is 0 Å². The van der Waals surface area contributed by atoms with E-state index in [0.29, 0.717) is 5.69 Å². The predicted molar refractivity (Wildman–Crippen MR) is 86.4 cm³/mol. The van der Waals surface area contributed by atoms with Crippen LogP contribution in [-0.2, 0) is 0 Å². The van der Waals surface area contributed by atoms with Crippen molar-refractivity contribution in [3.05, 3.63) is 51.8 Å². The molecule has 3 nitrogen and oxygen atoms in total. The van der Waals surface area contributed by atoms with Crippen LogP contribution in [0, 0.1) is 13.8 Å². The smallest absolute Gasteiger partial charge is 0.272 e. The number of halogens is 1. The highest BCUT2D eigenvalue weighted by Gasteiger charge is 2.15. The van der Waals surface area contributed by atoms with E-state index >= 15 is 0 Å². The van der Waals surface area contributed by atoms with Crippen LogP contribution in [0.5, 0.6) is 0 Å². The van der Waals surface area contributed by atoms with Gasteiger partial charge in [0.25, 0.3) is 5.91 Å². The summed E-state index contributed by atoms with van der Waals surface area (Å²) in [6, 6.07) is 8.02. The van der Waals surface area contributed by atoms with Gasteiger partial charge >= 0.3 is 0 Å². The predicted octanol–water partition coefficient (Wildman–Crippen LogP) is 4.70. The number of carbonyl (C=O) groups excluding carboxylic acids is 1. The number of hydrogen-bond donors (Lipinski definition) is 1. The van der Waals surface area contributed by atoms with E-state index in [1.54, 1.807) is 0 Å². The first-order chi connectivity index (χ1) is 9.40. The fourth-order valence-electron chi connectivity index (χ4n) is 2.32. The Kier molecular flexibility index (Phi) is 4.33. The van der Waals surface area contributed by atoms with Crippen molar-refractivity contribution in [1.82, 2.24) is 4.57 Å². The average molecular weight is 335 g/mol. The first kappa shape index (κ1) is 14.9. The van der Waals surface area contributed by atoms with E-state index in [1.165, 1.54) is 0 Å². The Morgan fingerprint density at radius 1 is 1.25 bits per heavy atom. The van der Waals surface area contributed by atoms with E-state index in [9.17, 15) is 4.79 Å². The van der Waals surface area contributed by atoms with Crippen LogP contribution >= 0.6 is 15.9 Å². The van der Waals surface area contributed by atoms with Gasteiger partial charge in [0.2, 0.25) is 0 Å². The number of aromatic nitrogens is 1. The largest absolute Gasteiger partial charge is 0.341 e. The summed E-state index contributed by atoms with van der Waals surface area (Å²) in [5.74, 6) is -0.0720. The molecule has 0 aliphatic rings. The second-order valence-electron chi connectivity index (χ2n) is 5.26. The van der Waals surface area contributed by atoms with Crippen LogP contribution in [0.3, 0.4) is 0 Å². The molecular weight excluding hydrogens is 316 g/mol. The van der Waals surface area contributed by atoms with Crippen LogP contribution in [0.4, 0.5) is 5.69 Å². The van der Waals surface area contributed by atoms with Gasteiger partial charge in [-0.25, -0.2) is 0 Å². The van der Waals surface area contributed by atoms with Crippen molar-refractivity contribution in [2.24, 2.45) is 0 Å². The normalized spacial score (nSPS) is 10.9. The van der Waals surface area contributed by atoms with Gasteiger partial charge in [-0.15, -0.1) is 0 Å². The maximum atomic E-state index is 12.4. The second-order valence-corrected chi connectivity index (χ2v) is 6.18. The minimum absolute atomic E-state index is 0.0720. The molecule has 1 amide bonds. The maximum absolute atomic E-state index is 12.4. The van der Waals surface area contributed by atoms with Crippen molar-refractivity contribution in [1.29, 1.82) is 0 Å². The van der Waals surface area contributed by atoms with Gasteiger partial charge in [-0.2, -0.15) is 0 Å². The molecule has 2 aromatic rings. The molecule has 20 heavy (non-hydrogen) atoms. The van der Waals surface area contributed by atoms with Crippen LogP contribution in [0.25, 0.3) is 0 Å². The van der Waals surface area contributed by atoms with Gasteiger partial charge in [0.1, 0.15) is 5.69 Å². The number of nitrogens with one attached hydrogen (secondary N) is 1. The Morgan fingerprint density at radius 3 is 2.40 bits per heavy atom. The van der Waals surface area contributed by atoms with E-state index in [0.717, 1.165) is 21.3 Å². The molecule has 4 heteroatoms. The Labute approximate surface area is 128 Å². The lowest BCUT2D eigenvalue weighted by Gasteiger charge is -2.15. The van der Waals surface area contributed by atoms with Crippen molar-refractivity contribution in [2.75, 3.05) is 5.32 Å². The minimum Gasteiger partial charge on any atom is -0.341 e. The summed E-state index contributed by atoms with van der Waals surface area (Å²) in [5.41, 5.74) is 3.66. The zero-order chi connectivity index (χ0) is 14.9. The standard InChI is InChI=1S/C16H19BrN2O/c1-10(2)19-7-5-6-14(19)16(20)18-15-11(3)8-13(17)9-12(15)4/h5-10H,1-4H3,(H,18,20). The number of rotatable bonds is 3. The molecule has 0 unspecified atom stereocenters. The topological polar surface area (TPSA) is 34.0 Å². The summed E-state index contributed by atoms with van der Waals surface area (Å²) in [6.07, 6.45) is 1.93. The third-order valence-corrected chi connectivity index (χ3v) is 3.76. The van der Waals surface area contributed by atoms with Crippen LogP contribution in [0.1, 0.15) is 41.5 Å². The second kappa shape index (κ2) is 5.83. The molecule has 1 aromatic heterocycles. The van der Waals surface area contributed by atoms with Gasteiger partial charge < -0.3 is 9.88 Å². The third-order valence-electron chi connectivity index (χ3n) is 3.30. The van der Waals surface area contributed by atoms with Crippen molar-refractivity contribution < 1.29 is 4.79 Å². The Bertz CT molecular complexity index is 621. The number of amides is 1. The summed E-state index contributed by atoms with van der Waals surface area (Å²) < 4.78 is 3.00. The molecule has 0 aliphatic carbocycles. The Hall–Kier alpha value is -1.55. The van der Waals surface area contributed by atoms with E-state index in [1.807, 2.05) is 48.9 Å². The molecule has 1 aromatic carbocycles. The number of carbonyl (C=O) groups is 1. The van der Waals surface area contributed by atoms with Crippen LogP contribution < -0.4 is 5.32 Å². The van der Waals surface area contributed by atoms with Crippen molar-refractivity contribution >= 4 is 27.5 Å². The summed E-state index contributed by atoms with van der Waals surface area (Å²) >= 11 is 3.47. The molecule has 0 atom stereocenters. The van der Waals surface area contributed by atoms with Crippen LogP contribution in [0.15, 0.2) is 34.9 Å². The minimum atomic E-state index is -0.0720. The van der Waals surface area contributed by atoms with Crippen molar-refractivity contribution in [3.63, 3.8) is 0 Å². The lowest BCUT2D eigenvalue weighted by atomic mass is 10.1. The van der Waals surface area contributed by atoms with Gasteiger partial charge in [-0.05, 0) is 63.1 Å². The van der Waals surface area contributed by atoms with Crippen LogP contribution in [0.2, 0.25) is 0 Å². The zero-order valence-corrected chi connectivity index (χ0v) is 13.8. The van der Waals surface area contributed by atoms with Crippen molar-refractivity contribution in [2.45, 2.75) is 33.7 Å². The average Bonchev–Trinajstić information content (AvgIpc) is 2.82. The molecule has 0 aliphatic heterocycles. The number of aryl methyl sites for hydroxylation is 2. The molecule has 0 saturated carbocycles. The highest BCUT2D eigenvalue weighted by atomic mass is 79.9. The highest BCUT2D eigenvalue weighted by molar-refractivity contribution is 9.10. The molecule has 0 radical (unpaired) electrons. The lowest BCUT2D eigenvalue weighted by molar-refractivity contribution is 0.101. The lowest BCUT2D eigenvalue weighted by Crippen LogP contribution is -2.18. The highest BCUT2D eigenvalue weighted by Crippen LogP contribution is 2.25.